The number of hydrogen-bond acceptors (Lipinski definition) is 4. The van der Waals surface area contributed by atoms with Gasteiger partial charge in [0.15, 0.2) is 11.5 Å². The normalized spacial score (nSPS) is 17.5. The first-order valence-corrected chi connectivity index (χ1v) is 7.74. The zero-order valence-corrected chi connectivity index (χ0v) is 14.1. The molecular weight excluding hydrogens is 290 g/mol. The molecule has 2 aromatic carbocycles. The predicted molar refractivity (Wildman–Crippen MR) is 90.7 cm³/mol. The molecule has 0 radical (unpaired) electrons. The quantitative estimate of drug-likeness (QED) is 0.867. The van der Waals surface area contributed by atoms with E-state index in [2.05, 4.69) is 36.2 Å². The fourth-order valence-corrected chi connectivity index (χ4v) is 3.37. The van der Waals surface area contributed by atoms with Gasteiger partial charge >= 0.3 is 0 Å². The second-order valence-corrected chi connectivity index (χ2v) is 5.89. The molecule has 0 aromatic heterocycles. The number of fused-ring (bicyclic) bond motifs is 1. The van der Waals surface area contributed by atoms with Crippen LogP contribution in [-0.2, 0) is 6.54 Å². The number of likely N-dealkylation sites (N-methyl/N-ethyl adjacent to an activating group) is 1. The highest BCUT2D eigenvalue weighted by molar-refractivity contribution is 5.51. The van der Waals surface area contributed by atoms with Crippen molar-refractivity contribution in [2.45, 2.75) is 12.5 Å². The molecule has 1 atom stereocenters. The zero-order chi connectivity index (χ0) is 16.4. The number of benzene rings is 2. The average molecular weight is 313 g/mol. The van der Waals surface area contributed by atoms with E-state index in [-0.39, 0.29) is 0 Å². The van der Waals surface area contributed by atoms with Crippen molar-refractivity contribution in [1.82, 2.24) is 4.90 Å². The second-order valence-electron chi connectivity index (χ2n) is 5.89. The van der Waals surface area contributed by atoms with Crippen LogP contribution < -0.4 is 14.2 Å². The van der Waals surface area contributed by atoms with Crippen LogP contribution in [0.5, 0.6) is 17.2 Å². The van der Waals surface area contributed by atoms with Crippen molar-refractivity contribution < 1.29 is 14.2 Å². The van der Waals surface area contributed by atoms with Gasteiger partial charge in [0.2, 0.25) is 0 Å². The van der Waals surface area contributed by atoms with Gasteiger partial charge in [0, 0.05) is 24.6 Å². The van der Waals surface area contributed by atoms with Crippen LogP contribution >= 0.6 is 0 Å². The number of hydrogen-bond donors (Lipinski definition) is 0. The number of methoxy groups -OCH3 is 3. The first-order valence-electron chi connectivity index (χ1n) is 7.74. The van der Waals surface area contributed by atoms with Crippen LogP contribution in [0.3, 0.4) is 0 Å². The van der Waals surface area contributed by atoms with E-state index in [0.29, 0.717) is 5.92 Å². The fourth-order valence-electron chi connectivity index (χ4n) is 3.37. The van der Waals surface area contributed by atoms with E-state index in [1.807, 2.05) is 12.1 Å². The SMILES string of the molecule is COc1ccc(C2CN(C)Cc3c(OC)cccc32)cc1OC. The Balaban J connectivity index is 2.08. The van der Waals surface area contributed by atoms with Crippen molar-refractivity contribution in [1.29, 1.82) is 0 Å². The minimum atomic E-state index is 0.290. The van der Waals surface area contributed by atoms with Gasteiger partial charge in [-0.2, -0.15) is 0 Å². The van der Waals surface area contributed by atoms with Gasteiger partial charge in [-0.1, -0.05) is 18.2 Å². The monoisotopic (exact) mass is 313 g/mol. The van der Waals surface area contributed by atoms with E-state index in [4.69, 9.17) is 14.2 Å². The summed E-state index contributed by atoms with van der Waals surface area (Å²) in [5.74, 6) is 2.77. The van der Waals surface area contributed by atoms with Crippen molar-refractivity contribution in [3.63, 3.8) is 0 Å². The van der Waals surface area contributed by atoms with Gasteiger partial charge in [0.1, 0.15) is 5.75 Å². The summed E-state index contributed by atoms with van der Waals surface area (Å²) < 4.78 is 16.4. The maximum atomic E-state index is 5.56. The second kappa shape index (κ2) is 6.50. The summed E-state index contributed by atoms with van der Waals surface area (Å²) in [5, 5.41) is 0. The van der Waals surface area contributed by atoms with Crippen LogP contribution in [0.4, 0.5) is 0 Å². The Morgan fingerprint density at radius 1 is 0.913 bits per heavy atom. The highest BCUT2D eigenvalue weighted by Crippen LogP contribution is 2.39. The van der Waals surface area contributed by atoms with Gasteiger partial charge in [0.05, 0.1) is 21.3 Å². The maximum absolute atomic E-state index is 5.56. The lowest BCUT2D eigenvalue weighted by atomic mass is 9.84. The van der Waals surface area contributed by atoms with Crippen LogP contribution in [0.1, 0.15) is 22.6 Å². The molecular formula is C19H23NO3. The van der Waals surface area contributed by atoms with Crippen molar-refractivity contribution in [2.24, 2.45) is 0 Å². The standard InChI is InChI=1S/C19H23NO3/c1-20-11-15(13-8-9-18(22-3)19(10-13)23-4)14-6-5-7-17(21-2)16(14)12-20/h5-10,15H,11-12H2,1-4H3. The van der Waals surface area contributed by atoms with Gasteiger partial charge in [-0.15, -0.1) is 0 Å². The molecule has 0 bridgehead atoms. The molecule has 0 fully saturated rings. The summed E-state index contributed by atoms with van der Waals surface area (Å²) >= 11 is 0. The van der Waals surface area contributed by atoms with Gasteiger partial charge < -0.3 is 19.1 Å². The minimum Gasteiger partial charge on any atom is -0.496 e. The van der Waals surface area contributed by atoms with Crippen LogP contribution in [-0.4, -0.2) is 39.8 Å². The molecule has 0 spiro atoms. The molecule has 3 rings (SSSR count). The highest BCUT2D eigenvalue weighted by Gasteiger charge is 2.27. The molecule has 4 heteroatoms. The summed E-state index contributed by atoms with van der Waals surface area (Å²) in [6, 6.07) is 12.5. The van der Waals surface area contributed by atoms with E-state index in [1.165, 1.54) is 16.7 Å². The average Bonchev–Trinajstić information content (AvgIpc) is 2.59. The van der Waals surface area contributed by atoms with Crippen LogP contribution in [0.25, 0.3) is 0 Å². The molecule has 1 unspecified atom stereocenters. The summed E-state index contributed by atoms with van der Waals surface area (Å²) in [6.07, 6.45) is 0. The summed E-state index contributed by atoms with van der Waals surface area (Å²) in [5.41, 5.74) is 3.82. The predicted octanol–water partition coefficient (Wildman–Crippen LogP) is 3.29. The minimum absolute atomic E-state index is 0.290. The lowest BCUT2D eigenvalue weighted by Crippen LogP contribution is -2.31. The van der Waals surface area contributed by atoms with Crippen molar-refractivity contribution in [3.8, 4) is 17.2 Å². The first-order chi connectivity index (χ1) is 11.2. The van der Waals surface area contributed by atoms with Crippen LogP contribution in [0.2, 0.25) is 0 Å². The topological polar surface area (TPSA) is 30.9 Å². The molecule has 0 N–H and O–H groups in total. The first kappa shape index (κ1) is 15.7. The summed E-state index contributed by atoms with van der Waals surface area (Å²) in [6.45, 7) is 1.87. The highest BCUT2D eigenvalue weighted by atomic mass is 16.5. The lowest BCUT2D eigenvalue weighted by molar-refractivity contribution is 0.285. The van der Waals surface area contributed by atoms with E-state index in [1.54, 1.807) is 21.3 Å². The molecule has 0 saturated heterocycles. The van der Waals surface area contributed by atoms with Crippen molar-refractivity contribution in [3.05, 3.63) is 53.1 Å². The number of nitrogens with zero attached hydrogens (tertiary/aromatic N) is 1. The van der Waals surface area contributed by atoms with Gasteiger partial charge in [-0.25, -0.2) is 0 Å². The Morgan fingerprint density at radius 3 is 2.35 bits per heavy atom. The number of rotatable bonds is 4. The van der Waals surface area contributed by atoms with E-state index < -0.39 is 0 Å². The van der Waals surface area contributed by atoms with Crippen LogP contribution in [0.15, 0.2) is 36.4 Å². The molecule has 1 aliphatic rings. The van der Waals surface area contributed by atoms with E-state index in [9.17, 15) is 0 Å². The van der Waals surface area contributed by atoms with Gasteiger partial charge in [-0.05, 0) is 36.4 Å². The van der Waals surface area contributed by atoms with Gasteiger partial charge in [-0.3, -0.25) is 0 Å². The molecule has 1 aliphatic heterocycles. The number of ether oxygens (including phenoxy) is 3. The summed E-state index contributed by atoms with van der Waals surface area (Å²) in [7, 11) is 7.20. The Hall–Kier alpha value is -2.20. The third kappa shape index (κ3) is 2.86. The molecule has 1 heterocycles. The largest absolute Gasteiger partial charge is 0.496 e. The maximum Gasteiger partial charge on any atom is 0.161 e. The molecule has 2 aromatic rings. The Bertz CT molecular complexity index is 699. The molecule has 0 amide bonds. The third-order valence-electron chi connectivity index (χ3n) is 4.50. The molecule has 0 aliphatic carbocycles. The third-order valence-corrected chi connectivity index (χ3v) is 4.50. The van der Waals surface area contributed by atoms with E-state index >= 15 is 0 Å². The fraction of sp³-hybridized carbons (Fsp3) is 0.368. The smallest absolute Gasteiger partial charge is 0.161 e. The van der Waals surface area contributed by atoms with Gasteiger partial charge in [0.25, 0.3) is 0 Å². The summed E-state index contributed by atoms with van der Waals surface area (Å²) in [4.78, 5) is 2.33. The molecule has 0 saturated carbocycles. The molecule has 122 valence electrons. The van der Waals surface area contributed by atoms with Crippen LogP contribution in [0, 0.1) is 0 Å². The molecule has 4 nitrogen and oxygen atoms in total. The molecule has 23 heavy (non-hydrogen) atoms. The zero-order valence-electron chi connectivity index (χ0n) is 14.1. The Morgan fingerprint density at radius 2 is 1.65 bits per heavy atom. The Labute approximate surface area is 137 Å². The van der Waals surface area contributed by atoms with E-state index in [0.717, 1.165) is 30.3 Å². The lowest BCUT2D eigenvalue weighted by Gasteiger charge is -2.33. The Kier molecular flexibility index (Phi) is 4.44. The van der Waals surface area contributed by atoms with Crippen molar-refractivity contribution >= 4 is 0 Å². The van der Waals surface area contributed by atoms with Crippen molar-refractivity contribution in [2.75, 3.05) is 34.9 Å².